The summed E-state index contributed by atoms with van der Waals surface area (Å²) in [5.74, 6) is 1.36. The predicted molar refractivity (Wildman–Crippen MR) is 92.2 cm³/mol. The maximum atomic E-state index is 11.0. The van der Waals surface area contributed by atoms with Crippen molar-refractivity contribution in [2.45, 2.75) is 20.8 Å². The molecule has 1 aromatic heterocycles. The van der Waals surface area contributed by atoms with Crippen LogP contribution in [-0.4, -0.2) is 33.9 Å². The van der Waals surface area contributed by atoms with Crippen LogP contribution in [0.15, 0.2) is 24.3 Å². The number of anilines is 5. The molecule has 23 heavy (non-hydrogen) atoms. The van der Waals surface area contributed by atoms with Crippen molar-refractivity contribution >= 4 is 35.1 Å². The van der Waals surface area contributed by atoms with Crippen molar-refractivity contribution < 1.29 is 4.79 Å². The van der Waals surface area contributed by atoms with E-state index in [1.165, 1.54) is 6.92 Å². The highest BCUT2D eigenvalue weighted by atomic mass is 16.1. The van der Waals surface area contributed by atoms with E-state index in [1.54, 1.807) is 12.1 Å². The summed E-state index contributed by atoms with van der Waals surface area (Å²) >= 11 is 0. The zero-order valence-electron chi connectivity index (χ0n) is 13.5. The number of aromatic nitrogens is 3. The van der Waals surface area contributed by atoms with Gasteiger partial charge in [0.15, 0.2) is 0 Å². The van der Waals surface area contributed by atoms with Crippen LogP contribution in [0.3, 0.4) is 0 Å². The summed E-state index contributed by atoms with van der Waals surface area (Å²) in [5.41, 5.74) is 1.55. The van der Waals surface area contributed by atoms with Gasteiger partial charge in [-0.1, -0.05) is 0 Å². The molecule has 0 fully saturated rings. The van der Waals surface area contributed by atoms with Gasteiger partial charge < -0.3 is 21.3 Å². The van der Waals surface area contributed by atoms with Crippen molar-refractivity contribution in [1.29, 1.82) is 0 Å². The Morgan fingerprint density at radius 3 is 1.83 bits per heavy atom. The number of hydrogen-bond acceptors (Lipinski definition) is 7. The van der Waals surface area contributed by atoms with Crippen LogP contribution in [0.25, 0.3) is 0 Å². The average Bonchev–Trinajstić information content (AvgIpc) is 2.49. The molecule has 0 bridgehead atoms. The molecule has 8 heteroatoms. The minimum Gasteiger partial charge on any atom is -0.354 e. The van der Waals surface area contributed by atoms with Crippen LogP contribution in [0.4, 0.5) is 29.2 Å². The van der Waals surface area contributed by atoms with Gasteiger partial charge in [-0.2, -0.15) is 15.0 Å². The van der Waals surface area contributed by atoms with Gasteiger partial charge in [0.1, 0.15) is 0 Å². The number of carbonyl (C=O) groups excluding carboxylic acids is 1. The molecule has 0 unspecified atom stereocenters. The fourth-order valence-electron chi connectivity index (χ4n) is 1.88. The zero-order valence-corrected chi connectivity index (χ0v) is 13.5. The van der Waals surface area contributed by atoms with Gasteiger partial charge in [-0.05, 0) is 38.1 Å². The summed E-state index contributed by atoms with van der Waals surface area (Å²) in [5, 5.41) is 12.0. The van der Waals surface area contributed by atoms with Gasteiger partial charge in [0.05, 0.1) is 0 Å². The highest BCUT2D eigenvalue weighted by molar-refractivity contribution is 5.88. The first kappa shape index (κ1) is 16.5. The van der Waals surface area contributed by atoms with E-state index in [9.17, 15) is 4.79 Å². The summed E-state index contributed by atoms with van der Waals surface area (Å²) in [7, 11) is 0. The van der Waals surface area contributed by atoms with Crippen molar-refractivity contribution in [3.05, 3.63) is 24.3 Å². The first-order valence-corrected chi connectivity index (χ1v) is 7.49. The van der Waals surface area contributed by atoms with Gasteiger partial charge in [-0.15, -0.1) is 0 Å². The molecule has 0 saturated heterocycles. The van der Waals surface area contributed by atoms with E-state index in [1.807, 2.05) is 26.0 Å². The molecule has 4 N–H and O–H groups in total. The maximum Gasteiger partial charge on any atom is 0.233 e. The third kappa shape index (κ3) is 5.10. The molecular formula is C15H21N7O. The summed E-state index contributed by atoms with van der Waals surface area (Å²) in [6, 6.07) is 7.30. The van der Waals surface area contributed by atoms with E-state index in [0.29, 0.717) is 17.8 Å². The van der Waals surface area contributed by atoms with Crippen molar-refractivity contribution in [1.82, 2.24) is 15.0 Å². The SMILES string of the molecule is CCNc1nc(NCC)nc(Nc2ccc(NC(C)=O)cc2)n1. The molecule has 0 radical (unpaired) electrons. The number of hydrogen-bond donors (Lipinski definition) is 4. The number of nitrogens with one attached hydrogen (secondary N) is 4. The van der Waals surface area contributed by atoms with Crippen LogP contribution in [0.1, 0.15) is 20.8 Å². The van der Waals surface area contributed by atoms with Crippen molar-refractivity contribution in [3.8, 4) is 0 Å². The van der Waals surface area contributed by atoms with E-state index in [-0.39, 0.29) is 5.91 Å². The molecule has 0 spiro atoms. The Morgan fingerprint density at radius 2 is 1.35 bits per heavy atom. The van der Waals surface area contributed by atoms with Crippen molar-refractivity contribution in [3.63, 3.8) is 0 Å². The van der Waals surface area contributed by atoms with E-state index >= 15 is 0 Å². The Balaban J connectivity index is 2.16. The first-order valence-electron chi connectivity index (χ1n) is 7.49. The van der Waals surface area contributed by atoms with Gasteiger partial charge in [0.25, 0.3) is 0 Å². The molecule has 0 aliphatic rings. The summed E-state index contributed by atoms with van der Waals surface area (Å²) in [4.78, 5) is 23.9. The first-order chi connectivity index (χ1) is 11.1. The second-order valence-electron chi connectivity index (χ2n) is 4.75. The van der Waals surface area contributed by atoms with Gasteiger partial charge in [0.2, 0.25) is 23.8 Å². The smallest absolute Gasteiger partial charge is 0.233 e. The monoisotopic (exact) mass is 315 g/mol. The Bertz CT molecular complexity index is 633. The van der Waals surface area contributed by atoms with Crippen LogP contribution in [0.2, 0.25) is 0 Å². The average molecular weight is 315 g/mol. The zero-order chi connectivity index (χ0) is 16.7. The molecule has 1 amide bonds. The Hall–Kier alpha value is -2.90. The lowest BCUT2D eigenvalue weighted by Crippen LogP contribution is -2.10. The molecule has 0 aliphatic heterocycles. The van der Waals surface area contributed by atoms with E-state index in [0.717, 1.165) is 24.5 Å². The molecule has 122 valence electrons. The number of amides is 1. The normalized spacial score (nSPS) is 10.0. The topological polar surface area (TPSA) is 104 Å². The van der Waals surface area contributed by atoms with Crippen LogP contribution in [-0.2, 0) is 4.79 Å². The predicted octanol–water partition coefficient (Wildman–Crippen LogP) is 2.44. The Kier molecular flexibility index (Phi) is 5.67. The third-order valence-electron chi connectivity index (χ3n) is 2.77. The van der Waals surface area contributed by atoms with Gasteiger partial charge in [-0.25, -0.2) is 0 Å². The lowest BCUT2D eigenvalue weighted by molar-refractivity contribution is -0.114. The van der Waals surface area contributed by atoms with Crippen LogP contribution < -0.4 is 21.3 Å². The van der Waals surface area contributed by atoms with Gasteiger partial charge in [0, 0.05) is 31.4 Å². The molecule has 0 aliphatic carbocycles. The van der Waals surface area contributed by atoms with Crippen LogP contribution >= 0.6 is 0 Å². The second-order valence-corrected chi connectivity index (χ2v) is 4.75. The molecule has 0 atom stereocenters. The maximum absolute atomic E-state index is 11.0. The molecule has 1 aromatic carbocycles. The van der Waals surface area contributed by atoms with Gasteiger partial charge in [-0.3, -0.25) is 4.79 Å². The number of nitrogens with zero attached hydrogens (tertiary/aromatic N) is 3. The highest BCUT2D eigenvalue weighted by Crippen LogP contribution is 2.18. The highest BCUT2D eigenvalue weighted by Gasteiger charge is 2.06. The molecule has 2 aromatic rings. The number of benzene rings is 1. The van der Waals surface area contributed by atoms with E-state index in [2.05, 4.69) is 36.2 Å². The quantitative estimate of drug-likeness (QED) is 0.622. The summed E-state index contributed by atoms with van der Waals surface area (Å²) in [6.07, 6.45) is 0. The lowest BCUT2D eigenvalue weighted by Gasteiger charge is -2.10. The standard InChI is InChI=1S/C15H21N7O/c1-4-16-13-20-14(17-5-2)22-15(21-13)19-12-8-6-11(7-9-12)18-10(3)23/h6-9H,4-5H2,1-3H3,(H,18,23)(H3,16,17,19,20,21,22). The van der Waals surface area contributed by atoms with Crippen LogP contribution in [0, 0.1) is 0 Å². The van der Waals surface area contributed by atoms with E-state index < -0.39 is 0 Å². The fraction of sp³-hybridized carbons (Fsp3) is 0.333. The minimum atomic E-state index is -0.103. The van der Waals surface area contributed by atoms with Gasteiger partial charge >= 0.3 is 0 Å². The minimum absolute atomic E-state index is 0.103. The largest absolute Gasteiger partial charge is 0.354 e. The molecule has 0 saturated carbocycles. The fourth-order valence-corrected chi connectivity index (χ4v) is 1.88. The van der Waals surface area contributed by atoms with Crippen LogP contribution in [0.5, 0.6) is 0 Å². The lowest BCUT2D eigenvalue weighted by atomic mass is 10.3. The molecular weight excluding hydrogens is 294 g/mol. The second kappa shape index (κ2) is 7.92. The summed E-state index contributed by atoms with van der Waals surface area (Å²) < 4.78 is 0. The number of rotatable bonds is 7. The van der Waals surface area contributed by atoms with Crippen molar-refractivity contribution in [2.75, 3.05) is 34.4 Å². The molecule has 1 heterocycles. The number of carbonyl (C=O) groups is 1. The van der Waals surface area contributed by atoms with Crippen molar-refractivity contribution in [2.24, 2.45) is 0 Å². The van der Waals surface area contributed by atoms with E-state index in [4.69, 9.17) is 0 Å². The molecule has 8 nitrogen and oxygen atoms in total. The molecule has 2 rings (SSSR count). The summed E-state index contributed by atoms with van der Waals surface area (Å²) in [6.45, 7) is 6.87. The Labute approximate surface area is 135 Å². The Morgan fingerprint density at radius 1 is 0.870 bits per heavy atom. The third-order valence-corrected chi connectivity index (χ3v) is 2.77.